The molecule has 5 aromatic rings. The van der Waals surface area contributed by atoms with Gasteiger partial charge in [-0.05, 0) is 24.0 Å². The molecule has 1 heterocycles. The number of hydrogen-bond donors (Lipinski definition) is 0. The summed E-state index contributed by atoms with van der Waals surface area (Å²) < 4.78 is 0. The van der Waals surface area contributed by atoms with Crippen molar-refractivity contribution in [2.45, 2.75) is 33.6 Å². The van der Waals surface area contributed by atoms with Gasteiger partial charge in [-0.1, -0.05) is 91.2 Å². The van der Waals surface area contributed by atoms with Gasteiger partial charge in [-0.3, -0.25) is 0 Å². The van der Waals surface area contributed by atoms with Crippen molar-refractivity contribution in [2.24, 2.45) is 0 Å². The van der Waals surface area contributed by atoms with E-state index < -0.39 is 20.8 Å². The van der Waals surface area contributed by atoms with Crippen LogP contribution in [0.3, 0.4) is 0 Å². The number of hydrogen-bond acceptors (Lipinski definition) is 0. The van der Waals surface area contributed by atoms with Crippen LogP contribution in [-0.2, 0) is 33.7 Å². The van der Waals surface area contributed by atoms with Crippen molar-refractivity contribution < 1.29 is 20.8 Å². The Morgan fingerprint density at radius 1 is 0.806 bits per heavy atom. The minimum absolute atomic E-state index is 0.795. The Morgan fingerprint density at radius 2 is 1.47 bits per heavy atom. The van der Waals surface area contributed by atoms with Crippen molar-refractivity contribution in [1.29, 1.82) is 0 Å². The smallest absolute Gasteiger partial charge is 0.0920 e. The third-order valence-corrected chi connectivity index (χ3v) is 7.87. The maximum Gasteiger partial charge on any atom is 0.0920 e. The van der Waals surface area contributed by atoms with Crippen LogP contribution in [0.4, 0.5) is 0 Å². The molecule has 0 nitrogen and oxygen atoms in total. The molecule has 36 heavy (non-hydrogen) atoms. The predicted octanol–water partition coefficient (Wildman–Crippen LogP) is 8.16. The standard InChI is InChI=1S/C20H21.C12H7Si.2ClH.Zr/c1-4-15-8-6-7-9-18(15)20-16(5-2)10-11-17-12-14(3)13-19(17)20;1-3-7-11-9(5-1)10-6-2-4-8-12(10)13-11;;;/h6-13H,4-5H2,1-3H3;1-7H;2*1H;/q2*-1;;;+4/p-2. The molecule has 0 aliphatic carbocycles. The van der Waals surface area contributed by atoms with Gasteiger partial charge in [-0.2, -0.15) is 35.5 Å². The summed E-state index contributed by atoms with van der Waals surface area (Å²) in [6, 6.07) is 36.2. The van der Waals surface area contributed by atoms with Crippen molar-refractivity contribution in [3.8, 4) is 22.3 Å². The second kappa shape index (κ2) is 13.1. The molecule has 5 aromatic carbocycles. The number of aryl methyl sites for hydroxylation is 3. The first-order valence-corrected chi connectivity index (χ1v) is 19.5. The molecule has 0 fully saturated rings. The minimum Gasteiger partial charge on any atom is -0.184 e. The summed E-state index contributed by atoms with van der Waals surface area (Å²) in [6.45, 7) is 6.66. The monoisotopic (exact) mass is 600 g/mol. The van der Waals surface area contributed by atoms with E-state index in [0.717, 1.165) is 22.4 Å². The summed E-state index contributed by atoms with van der Waals surface area (Å²) in [5, 5.41) is 5.59. The van der Waals surface area contributed by atoms with Gasteiger partial charge in [0.1, 0.15) is 0 Å². The quantitative estimate of drug-likeness (QED) is 0.142. The molecule has 0 saturated carbocycles. The third kappa shape index (κ3) is 6.00. The van der Waals surface area contributed by atoms with Gasteiger partial charge in [0.2, 0.25) is 0 Å². The summed E-state index contributed by atoms with van der Waals surface area (Å²) in [5.41, 5.74) is 9.85. The van der Waals surface area contributed by atoms with Crippen LogP contribution in [0.2, 0.25) is 0 Å². The zero-order valence-corrected chi connectivity index (χ0v) is 25.8. The van der Waals surface area contributed by atoms with Crippen molar-refractivity contribution >= 4 is 47.7 Å². The van der Waals surface area contributed by atoms with Crippen molar-refractivity contribution in [2.75, 3.05) is 0 Å². The van der Waals surface area contributed by atoms with Gasteiger partial charge in [0.05, 0.1) is 9.52 Å². The van der Waals surface area contributed by atoms with Gasteiger partial charge in [-0.15, -0.1) is 40.1 Å². The number of halogens is 2. The fraction of sp³-hybridized carbons (Fsp3) is 0.156. The molecule has 2 radical (unpaired) electrons. The second-order valence-corrected chi connectivity index (χ2v) is 13.7. The van der Waals surface area contributed by atoms with Crippen LogP contribution in [0.15, 0.2) is 91.0 Å². The molecule has 178 valence electrons. The maximum absolute atomic E-state index is 4.93. The molecule has 0 atom stereocenters. The zero-order chi connectivity index (χ0) is 25.5. The van der Waals surface area contributed by atoms with Gasteiger partial charge in [0.25, 0.3) is 0 Å². The van der Waals surface area contributed by atoms with Gasteiger partial charge in [0, 0.05) is 0 Å². The molecule has 0 saturated heterocycles. The molecule has 1 aliphatic rings. The van der Waals surface area contributed by atoms with E-state index in [1.54, 1.807) is 0 Å². The number of fused-ring (bicyclic) bond motifs is 4. The Balaban J connectivity index is 0.000000163. The summed E-state index contributed by atoms with van der Waals surface area (Å²) in [6.07, 6.45) is 2.16. The molecule has 6 rings (SSSR count). The van der Waals surface area contributed by atoms with Crippen molar-refractivity contribution in [3.05, 3.63) is 114 Å². The summed E-state index contributed by atoms with van der Waals surface area (Å²) in [5.74, 6) is 0. The molecular formula is C32H28Cl2SiZr. The van der Waals surface area contributed by atoms with E-state index in [0.29, 0.717) is 0 Å². The Bertz CT molecular complexity index is 1410. The van der Waals surface area contributed by atoms with Crippen LogP contribution in [-0.4, -0.2) is 9.52 Å². The second-order valence-electron chi connectivity index (χ2n) is 8.70. The molecule has 4 heteroatoms. The molecule has 0 N–H and O–H groups in total. The summed E-state index contributed by atoms with van der Waals surface area (Å²) in [4.78, 5) is 0. The molecule has 0 aromatic heterocycles. The Morgan fingerprint density at radius 3 is 2.22 bits per heavy atom. The Hall–Kier alpha value is -1.83. The largest absolute Gasteiger partial charge is 0.184 e. The minimum atomic E-state index is -0.826. The van der Waals surface area contributed by atoms with Crippen LogP contribution >= 0.6 is 17.0 Å². The average molecular weight is 603 g/mol. The van der Waals surface area contributed by atoms with Crippen LogP contribution in [0.1, 0.15) is 30.5 Å². The predicted molar refractivity (Wildman–Crippen MR) is 156 cm³/mol. The Kier molecular flexibility index (Phi) is 9.91. The molecule has 1 aliphatic heterocycles. The molecule has 0 bridgehead atoms. The van der Waals surface area contributed by atoms with Crippen LogP contribution in [0.5, 0.6) is 0 Å². The zero-order valence-electron chi connectivity index (χ0n) is 20.8. The Labute approximate surface area is 236 Å². The van der Waals surface area contributed by atoms with E-state index in [2.05, 4.69) is 112 Å². The molecular weight excluding hydrogens is 575 g/mol. The first-order valence-electron chi connectivity index (χ1n) is 12.2. The fourth-order valence-electron chi connectivity index (χ4n) is 4.89. The normalized spacial score (nSPS) is 10.9. The van der Waals surface area contributed by atoms with E-state index in [4.69, 9.17) is 17.0 Å². The van der Waals surface area contributed by atoms with E-state index >= 15 is 0 Å². The van der Waals surface area contributed by atoms with E-state index in [-0.39, 0.29) is 0 Å². The van der Waals surface area contributed by atoms with E-state index in [1.165, 1.54) is 60.1 Å². The average Bonchev–Trinajstić information content (AvgIpc) is 3.48. The maximum atomic E-state index is 4.93. The van der Waals surface area contributed by atoms with Crippen molar-refractivity contribution in [3.63, 3.8) is 0 Å². The molecule has 0 amide bonds. The van der Waals surface area contributed by atoms with Crippen molar-refractivity contribution in [1.82, 2.24) is 0 Å². The van der Waals surface area contributed by atoms with Gasteiger partial charge in [0.15, 0.2) is 0 Å². The number of rotatable bonds is 3. The van der Waals surface area contributed by atoms with E-state index in [1.807, 2.05) is 6.07 Å². The third-order valence-electron chi connectivity index (χ3n) is 6.50. The SMILES string of the molecule is CCc1ccccc1-c1c(CC)ccc2[cH-]c(C)cc12.[Cl][Zr+2][Cl].[c-]1cccc2c1[Si]c1ccccc1-2. The fourth-order valence-corrected chi connectivity index (χ4v) is 6.20. The van der Waals surface area contributed by atoms with E-state index in [9.17, 15) is 0 Å². The van der Waals surface area contributed by atoms with Crippen LogP contribution < -0.4 is 10.4 Å². The van der Waals surface area contributed by atoms with Gasteiger partial charge >= 0.3 is 37.9 Å². The topological polar surface area (TPSA) is 0 Å². The first-order chi connectivity index (χ1) is 17.6. The first kappa shape index (κ1) is 27.2. The van der Waals surface area contributed by atoms with Crippen LogP contribution in [0, 0.1) is 13.0 Å². The van der Waals surface area contributed by atoms with Gasteiger partial charge in [-0.25, -0.2) is 0 Å². The van der Waals surface area contributed by atoms with Crippen LogP contribution in [0.25, 0.3) is 33.0 Å². The molecule has 0 spiro atoms. The number of benzene rings is 4. The van der Waals surface area contributed by atoms with Gasteiger partial charge < -0.3 is 0 Å². The molecule has 0 unspecified atom stereocenters. The summed E-state index contributed by atoms with van der Waals surface area (Å²) in [7, 11) is 10.7. The summed E-state index contributed by atoms with van der Waals surface area (Å²) >= 11 is -0.826.